The highest BCUT2D eigenvalue weighted by Crippen LogP contribution is 2.37. The lowest BCUT2D eigenvalue weighted by atomic mass is 10.0. The molecule has 116 valence electrons. The Labute approximate surface area is 135 Å². The van der Waals surface area contributed by atoms with E-state index in [0.717, 1.165) is 11.1 Å². The minimum Gasteiger partial charge on any atom is -0.508 e. The Morgan fingerprint density at radius 2 is 2.09 bits per heavy atom. The molecule has 1 heterocycles. The van der Waals surface area contributed by atoms with Gasteiger partial charge in [-0.3, -0.25) is 9.69 Å². The molecule has 2 aromatic carbocycles. The molecule has 0 radical (unpaired) electrons. The Morgan fingerprint density at radius 1 is 1.30 bits per heavy atom. The van der Waals surface area contributed by atoms with Crippen molar-refractivity contribution >= 4 is 11.6 Å². The summed E-state index contributed by atoms with van der Waals surface area (Å²) in [6.45, 7) is 2.17. The lowest BCUT2D eigenvalue weighted by molar-refractivity contribution is -0.126. The van der Waals surface area contributed by atoms with E-state index in [9.17, 15) is 9.90 Å². The summed E-state index contributed by atoms with van der Waals surface area (Å²) < 4.78 is 5.84. The Morgan fingerprint density at radius 3 is 2.83 bits per heavy atom. The van der Waals surface area contributed by atoms with Gasteiger partial charge in [0.25, 0.3) is 5.91 Å². The van der Waals surface area contributed by atoms with Crippen LogP contribution in [-0.4, -0.2) is 23.7 Å². The molecule has 0 aromatic heterocycles. The summed E-state index contributed by atoms with van der Waals surface area (Å²) >= 11 is 0. The van der Waals surface area contributed by atoms with Crippen molar-refractivity contribution in [3.05, 3.63) is 53.6 Å². The van der Waals surface area contributed by atoms with Crippen LogP contribution in [0.5, 0.6) is 11.5 Å². The second-order valence-electron chi connectivity index (χ2n) is 5.52. The smallest absolute Gasteiger partial charge is 0.269 e. The number of ether oxygens (including phenoxy) is 1. The Bertz CT molecular complexity index is 791. The molecule has 1 unspecified atom stereocenters. The van der Waals surface area contributed by atoms with E-state index in [4.69, 9.17) is 11.2 Å². The van der Waals surface area contributed by atoms with Gasteiger partial charge in [-0.1, -0.05) is 30.2 Å². The van der Waals surface area contributed by atoms with Gasteiger partial charge < -0.3 is 9.84 Å². The number of rotatable bonds is 3. The number of phenols is 1. The van der Waals surface area contributed by atoms with Crippen molar-refractivity contribution in [2.24, 2.45) is 0 Å². The van der Waals surface area contributed by atoms with Crippen LogP contribution in [0.4, 0.5) is 5.69 Å². The van der Waals surface area contributed by atoms with E-state index in [0.29, 0.717) is 17.9 Å². The number of aromatic hydroxyl groups is 1. The molecular weight excluding hydrogens is 290 g/mol. The fourth-order valence-electron chi connectivity index (χ4n) is 2.74. The molecule has 2 aromatic rings. The molecule has 3 rings (SSSR count). The summed E-state index contributed by atoms with van der Waals surface area (Å²) in [5.74, 6) is 2.91. The number of fused-ring (bicyclic) bond motifs is 1. The number of carbonyl (C=O) groups is 1. The fourth-order valence-corrected chi connectivity index (χ4v) is 2.74. The number of amides is 1. The zero-order valence-electron chi connectivity index (χ0n) is 12.8. The molecule has 1 amide bonds. The van der Waals surface area contributed by atoms with Gasteiger partial charge in [-0.2, -0.15) is 0 Å². The molecule has 0 aliphatic carbocycles. The van der Waals surface area contributed by atoms with Crippen LogP contribution in [0.25, 0.3) is 0 Å². The van der Waals surface area contributed by atoms with Gasteiger partial charge in [-0.05, 0) is 30.2 Å². The van der Waals surface area contributed by atoms with E-state index in [2.05, 4.69) is 5.92 Å². The summed E-state index contributed by atoms with van der Waals surface area (Å²) in [6, 6.07) is 12.5. The normalized spacial score (nSPS) is 16.4. The van der Waals surface area contributed by atoms with Gasteiger partial charge in [0, 0.05) is 12.5 Å². The number of aryl methyl sites for hydroxylation is 1. The number of hydrogen-bond acceptors (Lipinski definition) is 3. The number of anilines is 1. The monoisotopic (exact) mass is 307 g/mol. The third-order valence-corrected chi connectivity index (χ3v) is 3.96. The molecule has 1 aliphatic heterocycles. The summed E-state index contributed by atoms with van der Waals surface area (Å²) in [5, 5.41) is 9.67. The Kier molecular flexibility index (Phi) is 3.94. The SMILES string of the molecule is C#CCN1C(=O)C(Cc2ccccc2C)Oc2cc(O)ccc21. The van der Waals surface area contributed by atoms with Gasteiger partial charge in [0.05, 0.1) is 12.2 Å². The standard InChI is InChI=1S/C19H17NO3/c1-3-10-20-16-9-8-15(21)12-17(16)23-18(19(20)22)11-14-7-5-4-6-13(14)2/h1,4-9,12,18,21H,10-11H2,2H3. The Balaban J connectivity index is 1.95. The first kappa shape index (κ1) is 15.0. The predicted octanol–water partition coefficient (Wildman–Crippen LogP) is 2.67. The van der Waals surface area contributed by atoms with Crippen molar-refractivity contribution in [1.82, 2.24) is 0 Å². The lowest BCUT2D eigenvalue weighted by Crippen LogP contribution is -2.47. The molecule has 1 N–H and O–H groups in total. The molecule has 0 bridgehead atoms. The molecule has 0 saturated carbocycles. The number of carbonyl (C=O) groups excluding carboxylic acids is 1. The first-order valence-corrected chi connectivity index (χ1v) is 7.39. The summed E-state index contributed by atoms with van der Waals surface area (Å²) in [6.07, 6.45) is 5.20. The van der Waals surface area contributed by atoms with Crippen molar-refractivity contribution in [3.8, 4) is 23.8 Å². The molecule has 0 saturated heterocycles. The minimum atomic E-state index is -0.654. The van der Waals surface area contributed by atoms with E-state index in [1.54, 1.807) is 6.07 Å². The molecule has 4 heteroatoms. The van der Waals surface area contributed by atoms with E-state index in [1.807, 2.05) is 31.2 Å². The van der Waals surface area contributed by atoms with Crippen LogP contribution in [0.2, 0.25) is 0 Å². The minimum absolute atomic E-state index is 0.0911. The van der Waals surface area contributed by atoms with Crippen molar-refractivity contribution in [3.63, 3.8) is 0 Å². The van der Waals surface area contributed by atoms with E-state index in [-0.39, 0.29) is 18.2 Å². The van der Waals surface area contributed by atoms with Crippen LogP contribution < -0.4 is 9.64 Å². The first-order valence-electron chi connectivity index (χ1n) is 7.39. The predicted molar refractivity (Wildman–Crippen MR) is 88.6 cm³/mol. The molecule has 23 heavy (non-hydrogen) atoms. The maximum absolute atomic E-state index is 12.7. The van der Waals surface area contributed by atoms with Crippen molar-refractivity contribution in [1.29, 1.82) is 0 Å². The number of terminal acetylenes is 1. The third kappa shape index (κ3) is 2.86. The van der Waals surface area contributed by atoms with Crippen LogP contribution in [-0.2, 0) is 11.2 Å². The highest BCUT2D eigenvalue weighted by Gasteiger charge is 2.34. The van der Waals surface area contributed by atoms with Gasteiger partial charge in [-0.25, -0.2) is 0 Å². The maximum atomic E-state index is 12.7. The molecular formula is C19H17NO3. The van der Waals surface area contributed by atoms with Gasteiger partial charge in [0.1, 0.15) is 11.5 Å². The topological polar surface area (TPSA) is 49.8 Å². The molecule has 1 atom stereocenters. The first-order chi connectivity index (χ1) is 11.1. The van der Waals surface area contributed by atoms with Gasteiger partial charge >= 0.3 is 0 Å². The molecule has 0 fully saturated rings. The average molecular weight is 307 g/mol. The summed E-state index contributed by atoms with van der Waals surface area (Å²) in [7, 11) is 0. The van der Waals surface area contributed by atoms with Crippen LogP contribution in [0.1, 0.15) is 11.1 Å². The number of phenolic OH excluding ortho intramolecular Hbond substituents is 1. The highest BCUT2D eigenvalue weighted by molar-refractivity contribution is 6.00. The number of hydrogen-bond donors (Lipinski definition) is 1. The third-order valence-electron chi connectivity index (χ3n) is 3.96. The van der Waals surface area contributed by atoms with Gasteiger partial charge in [0.15, 0.2) is 6.10 Å². The van der Waals surface area contributed by atoms with Gasteiger partial charge in [0.2, 0.25) is 0 Å². The van der Waals surface area contributed by atoms with Crippen LogP contribution in [0.3, 0.4) is 0 Å². The van der Waals surface area contributed by atoms with Crippen LogP contribution >= 0.6 is 0 Å². The van der Waals surface area contributed by atoms with Crippen LogP contribution in [0, 0.1) is 19.3 Å². The van der Waals surface area contributed by atoms with E-state index in [1.165, 1.54) is 17.0 Å². The quantitative estimate of drug-likeness (QED) is 0.887. The lowest BCUT2D eigenvalue weighted by Gasteiger charge is -2.33. The number of benzene rings is 2. The maximum Gasteiger partial charge on any atom is 0.269 e. The van der Waals surface area contributed by atoms with Gasteiger partial charge in [-0.15, -0.1) is 6.42 Å². The molecule has 1 aliphatic rings. The highest BCUT2D eigenvalue weighted by atomic mass is 16.5. The van der Waals surface area contributed by atoms with E-state index >= 15 is 0 Å². The second-order valence-corrected chi connectivity index (χ2v) is 5.52. The Hall–Kier alpha value is -2.93. The zero-order chi connectivity index (χ0) is 16.4. The van der Waals surface area contributed by atoms with Crippen molar-refractivity contribution in [2.75, 3.05) is 11.4 Å². The van der Waals surface area contributed by atoms with Crippen molar-refractivity contribution < 1.29 is 14.6 Å². The number of nitrogens with zero attached hydrogens (tertiary/aromatic N) is 1. The fraction of sp³-hybridized carbons (Fsp3) is 0.211. The molecule has 4 nitrogen and oxygen atoms in total. The van der Waals surface area contributed by atoms with E-state index < -0.39 is 6.10 Å². The van der Waals surface area contributed by atoms with Crippen molar-refractivity contribution in [2.45, 2.75) is 19.4 Å². The molecule has 0 spiro atoms. The summed E-state index contributed by atoms with van der Waals surface area (Å²) in [5.41, 5.74) is 2.75. The zero-order valence-corrected chi connectivity index (χ0v) is 12.8. The largest absolute Gasteiger partial charge is 0.508 e. The summed E-state index contributed by atoms with van der Waals surface area (Å²) in [4.78, 5) is 14.3. The van der Waals surface area contributed by atoms with Crippen LogP contribution in [0.15, 0.2) is 42.5 Å². The second kappa shape index (κ2) is 6.05. The average Bonchev–Trinajstić information content (AvgIpc) is 2.53.